The lowest BCUT2D eigenvalue weighted by molar-refractivity contribution is -0.121. The number of aromatic nitrogens is 1. The molecule has 4 rings (SSSR count). The lowest BCUT2D eigenvalue weighted by Crippen LogP contribution is -2.17. The van der Waals surface area contributed by atoms with Gasteiger partial charge < -0.3 is 9.73 Å². The molecule has 0 aliphatic heterocycles. The first-order valence-corrected chi connectivity index (χ1v) is 10.7. The third-order valence-corrected chi connectivity index (χ3v) is 5.32. The van der Waals surface area contributed by atoms with Gasteiger partial charge in [0, 0.05) is 35.5 Å². The van der Waals surface area contributed by atoms with E-state index in [2.05, 4.69) is 21.7 Å². The maximum absolute atomic E-state index is 12.5. The molecule has 158 valence electrons. The van der Waals surface area contributed by atoms with Crippen molar-refractivity contribution in [2.24, 2.45) is 0 Å². The number of rotatable bonds is 7. The highest BCUT2D eigenvalue weighted by atomic mass is 32.1. The minimum atomic E-state index is -0.427. The lowest BCUT2D eigenvalue weighted by atomic mass is 9.98. The molecule has 0 saturated carbocycles. The van der Waals surface area contributed by atoms with Gasteiger partial charge in [-0.05, 0) is 5.56 Å². The molecule has 0 atom stereocenters. The topological polar surface area (TPSA) is 108 Å². The molecule has 32 heavy (non-hydrogen) atoms. The fourth-order valence-electron chi connectivity index (χ4n) is 3.18. The number of carbonyl (C=O) groups is 2. The molecule has 2 N–H and O–H groups in total. The van der Waals surface area contributed by atoms with Gasteiger partial charge in [0.2, 0.25) is 17.7 Å². The van der Waals surface area contributed by atoms with E-state index < -0.39 is 5.91 Å². The number of furan rings is 1. The molecule has 2 amide bonds. The summed E-state index contributed by atoms with van der Waals surface area (Å²) < 4.78 is 5.98. The van der Waals surface area contributed by atoms with Gasteiger partial charge in [0.1, 0.15) is 17.4 Å². The number of anilines is 2. The highest BCUT2D eigenvalue weighted by Gasteiger charge is 2.24. The van der Waals surface area contributed by atoms with Gasteiger partial charge in [0.05, 0.1) is 0 Å². The Morgan fingerprint density at radius 3 is 2.16 bits per heavy atom. The maximum Gasteiger partial charge on any atom is 0.227 e. The van der Waals surface area contributed by atoms with Crippen molar-refractivity contribution >= 4 is 34.2 Å². The predicted octanol–water partition coefficient (Wildman–Crippen LogP) is 5.30. The zero-order valence-corrected chi connectivity index (χ0v) is 17.7. The Labute approximate surface area is 188 Å². The highest BCUT2D eigenvalue weighted by Crippen LogP contribution is 2.41. The van der Waals surface area contributed by atoms with E-state index in [0.29, 0.717) is 16.5 Å². The average molecular weight is 443 g/mol. The van der Waals surface area contributed by atoms with Gasteiger partial charge in [-0.15, -0.1) is 11.3 Å². The molecule has 0 unspecified atom stereocenters. The van der Waals surface area contributed by atoms with E-state index in [1.807, 2.05) is 60.7 Å². The van der Waals surface area contributed by atoms with Gasteiger partial charge in [-0.1, -0.05) is 60.7 Å². The van der Waals surface area contributed by atoms with Crippen molar-refractivity contribution in [3.63, 3.8) is 0 Å². The number of nitriles is 1. The smallest absolute Gasteiger partial charge is 0.227 e. The second-order valence-corrected chi connectivity index (χ2v) is 7.68. The van der Waals surface area contributed by atoms with Gasteiger partial charge >= 0.3 is 0 Å². The predicted molar refractivity (Wildman–Crippen MR) is 123 cm³/mol. The van der Waals surface area contributed by atoms with E-state index in [4.69, 9.17) is 4.42 Å². The van der Waals surface area contributed by atoms with Crippen LogP contribution in [0.1, 0.15) is 18.4 Å². The zero-order chi connectivity index (χ0) is 22.3. The van der Waals surface area contributed by atoms with Crippen molar-refractivity contribution in [2.45, 2.75) is 12.8 Å². The maximum atomic E-state index is 12.5. The summed E-state index contributed by atoms with van der Waals surface area (Å²) in [4.78, 5) is 28.5. The first-order chi connectivity index (χ1) is 15.7. The van der Waals surface area contributed by atoms with Gasteiger partial charge in [0.15, 0.2) is 5.13 Å². The third-order valence-electron chi connectivity index (χ3n) is 4.63. The molecule has 0 saturated heterocycles. The molecule has 0 aliphatic rings. The summed E-state index contributed by atoms with van der Waals surface area (Å²) >= 11 is 1.30. The summed E-state index contributed by atoms with van der Waals surface area (Å²) in [6.45, 7) is 0. The molecule has 2 aromatic heterocycles. The number of amides is 2. The van der Waals surface area contributed by atoms with Crippen LogP contribution in [-0.2, 0) is 9.59 Å². The van der Waals surface area contributed by atoms with E-state index in [1.54, 1.807) is 11.6 Å². The van der Waals surface area contributed by atoms with Crippen LogP contribution in [0, 0.1) is 11.3 Å². The van der Waals surface area contributed by atoms with Crippen LogP contribution >= 0.6 is 11.3 Å². The average Bonchev–Trinajstić information content (AvgIpc) is 3.46. The van der Waals surface area contributed by atoms with Crippen molar-refractivity contribution in [3.8, 4) is 28.5 Å². The summed E-state index contributed by atoms with van der Waals surface area (Å²) in [7, 11) is 0. The van der Waals surface area contributed by atoms with Gasteiger partial charge in [-0.3, -0.25) is 14.9 Å². The zero-order valence-electron chi connectivity index (χ0n) is 16.9. The van der Waals surface area contributed by atoms with Gasteiger partial charge in [0.25, 0.3) is 0 Å². The van der Waals surface area contributed by atoms with E-state index in [0.717, 1.165) is 11.1 Å². The molecule has 2 aromatic carbocycles. The molecule has 0 fully saturated rings. The normalized spacial score (nSPS) is 10.3. The van der Waals surface area contributed by atoms with Crippen LogP contribution in [-0.4, -0.2) is 16.8 Å². The van der Waals surface area contributed by atoms with Crippen LogP contribution in [0.15, 0.2) is 76.7 Å². The van der Waals surface area contributed by atoms with E-state index in [-0.39, 0.29) is 30.2 Å². The van der Waals surface area contributed by atoms with Crippen LogP contribution in [0.4, 0.5) is 11.0 Å². The van der Waals surface area contributed by atoms with Crippen molar-refractivity contribution in [1.82, 2.24) is 4.98 Å². The Kier molecular flexibility index (Phi) is 6.39. The Bertz CT molecular complexity index is 1260. The Morgan fingerprint density at radius 1 is 0.938 bits per heavy atom. The van der Waals surface area contributed by atoms with E-state index in [1.165, 1.54) is 11.3 Å². The molecule has 4 aromatic rings. The second-order valence-electron chi connectivity index (χ2n) is 6.79. The van der Waals surface area contributed by atoms with Gasteiger partial charge in [-0.2, -0.15) is 5.26 Å². The molecule has 0 bridgehead atoms. The summed E-state index contributed by atoms with van der Waals surface area (Å²) in [6, 6.07) is 20.9. The lowest BCUT2D eigenvalue weighted by Gasteiger charge is -2.03. The Balaban J connectivity index is 1.57. The monoisotopic (exact) mass is 442 g/mol. The van der Waals surface area contributed by atoms with Crippen LogP contribution < -0.4 is 10.6 Å². The highest BCUT2D eigenvalue weighted by molar-refractivity contribution is 7.13. The molecular weight excluding hydrogens is 424 g/mol. The van der Waals surface area contributed by atoms with Crippen LogP contribution in [0.2, 0.25) is 0 Å². The summed E-state index contributed by atoms with van der Waals surface area (Å²) in [5, 5.41) is 17.4. The van der Waals surface area contributed by atoms with Gasteiger partial charge in [-0.25, -0.2) is 4.98 Å². The fourth-order valence-corrected chi connectivity index (χ4v) is 3.73. The first-order valence-electron chi connectivity index (χ1n) is 9.82. The first kappa shape index (κ1) is 21.0. The molecule has 2 heterocycles. The molecule has 8 heteroatoms. The van der Waals surface area contributed by atoms with E-state index in [9.17, 15) is 14.9 Å². The Morgan fingerprint density at radius 2 is 1.56 bits per heavy atom. The largest absolute Gasteiger partial charge is 0.438 e. The van der Waals surface area contributed by atoms with Crippen LogP contribution in [0.25, 0.3) is 22.5 Å². The third kappa shape index (κ3) is 4.74. The molecule has 0 radical (unpaired) electrons. The van der Waals surface area contributed by atoms with Crippen LogP contribution in [0.5, 0.6) is 0 Å². The molecule has 7 nitrogen and oxygen atoms in total. The molecule has 0 aliphatic carbocycles. The van der Waals surface area contributed by atoms with E-state index >= 15 is 0 Å². The second kappa shape index (κ2) is 9.73. The van der Waals surface area contributed by atoms with Crippen molar-refractivity contribution in [2.75, 3.05) is 10.6 Å². The number of hydrogen-bond donors (Lipinski definition) is 2. The van der Waals surface area contributed by atoms with Crippen LogP contribution in [0.3, 0.4) is 0 Å². The summed E-state index contributed by atoms with van der Waals surface area (Å²) in [5.74, 6) is -0.186. The minimum absolute atomic E-state index is 0.0227. The molecule has 0 spiro atoms. The quantitative estimate of drug-likeness (QED) is 0.404. The Hall–Kier alpha value is -4.22. The summed E-state index contributed by atoms with van der Waals surface area (Å²) in [5.41, 5.74) is 2.42. The number of nitrogens with zero attached hydrogens (tertiary/aromatic N) is 2. The molecular formula is C24H18N4O3S. The van der Waals surface area contributed by atoms with Crippen molar-refractivity contribution in [1.29, 1.82) is 5.26 Å². The van der Waals surface area contributed by atoms with Crippen molar-refractivity contribution in [3.05, 3.63) is 77.8 Å². The number of nitrogens with one attached hydrogen (secondary N) is 2. The summed E-state index contributed by atoms with van der Waals surface area (Å²) in [6.07, 6.45) is 1.50. The number of benzene rings is 2. The number of hydrogen-bond acceptors (Lipinski definition) is 6. The fraction of sp³-hybridized carbons (Fsp3) is 0.0833. The number of thiazole rings is 1. The minimum Gasteiger partial charge on any atom is -0.438 e. The number of carbonyl (C=O) groups excluding carboxylic acids is 2. The standard InChI is InChI=1S/C24H18N4O3S/c25-15-18-21(16-7-3-1-4-8-16)22(17-9-5-2-6-10-17)31-23(18)27-19(29)11-12-20(30)28-24-26-13-14-32-24/h1-10,13-14H,11-12H2,(H,27,29)(H,26,28,30). The van der Waals surface area contributed by atoms with Crippen molar-refractivity contribution < 1.29 is 14.0 Å². The SMILES string of the molecule is N#Cc1c(NC(=O)CCC(=O)Nc2nccs2)oc(-c2ccccc2)c1-c1ccccc1.